The second-order valence-corrected chi connectivity index (χ2v) is 5.65. The average Bonchev–Trinajstić information content (AvgIpc) is 2.27. The number of amides is 1. The highest BCUT2D eigenvalue weighted by molar-refractivity contribution is 9.10. The van der Waals surface area contributed by atoms with Crippen LogP contribution in [0.3, 0.4) is 0 Å². The normalized spacial score (nSPS) is 23.2. The molecule has 1 aliphatic carbocycles. The van der Waals surface area contributed by atoms with Gasteiger partial charge in [0.1, 0.15) is 17.2 Å². The van der Waals surface area contributed by atoms with Gasteiger partial charge in [0.05, 0.1) is 6.10 Å². The molecule has 2 unspecified atom stereocenters. The van der Waals surface area contributed by atoms with Crippen LogP contribution in [0.5, 0.6) is 0 Å². The van der Waals surface area contributed by atoms with Crippen molar-refractivity contribution in [2.75, 3.05) is 0 Å². The Labute approximate surface area is 118 Å². The second-order valence-electron chi connectivity index (χ2n) is 4.74. The lowest BCUT2D eigenvalue weighted by molar-refractivity contribution is 0.0842. The third-order valence-electron chi connectivity index (χ3n) is 3.22. The molecule has 0 spiro atoms. The zero-order chi connectivity index (χ0) is 14.0. The van der Waals surface area contributed by atoms with Crippen LogP contribution in [0.2, 0.25) is 0 Å². The maximum absolute atomic E-state index is 13.6. The number of carbonyl (C=O) groups excluding carboxylic acids is 1. The number of hydrogen-bond acceptors (Lipinski definition) is 2. The van der Waals surface area contributed by atoms with Gasteiger partial charge in [-0.25, -0.2) is 8.78 Å². The van der Waals surface area contributed by atoms with Crippen molar-refractivity contribution in [3.05, 3.63) is 33.8 Å². The SMILES string of the molecule is O=C(NC1CCCC(O)C1)c1c(F)cc(Br)cc1F. The van der Waals surface area contributed by atoms with Crippen molar-refractivity contribution in [1.82, 2.24) is 5.32 Å². The first-order valence-corrected chi connectivity index (χ1v) is 6.90. The summed E-state index contributed by atoms with van der Waals surface area (Å²) in [5.41, 5.74) is -0.580. The molecule has 19 heavy (non-hydrogen) atoms. The van der Waals surface area contributed by atoms with Gasteiger partial charge >= 0.3 is 0 Å². The standard InChI is InChI=1S/C13H14BrF2NO2/c14-7-4-10(15)12(11(16)5-7)13(19)17-8-2-1-3-9(18)6-8/h4-5,8-9,18H,1-3,6H2,(H,17,19). The van der Waals surface area contributed by atoms with Gasteiger partial charge in [-0.2, -0.15) is 0 Å². The van der Waals surface area contributed by atoms with Crippen LogP contribution in [-0.4, -0.2) is 23.2 Å². The third kappa shape index (κ3) is 3.51. The van der Waals surface area contributed by atoms with Crippen molar-refractivity contribution < 1.29 is 18.7 Å². The molecule has 104 valence electrons. The van der Waals surface area contributed by atoms with Crippen LogP contribution in [-0.2, 0) is 0 Å². The van der Waals surface area contributed by atoms with Crippen LogP contribution in [0.25, 0.3) is 0 Å². The highest BCUT2D eigenvalue weighted by Gasteiger charge is 2.25. The maximum Gasteiger partial charge on any atom is 0.257 e. The number of hydrogen-bond donors (Lipinski definition) is 2. The van der Waals surface area contributed by atoms with Gasteiger partial charge in [0.15, 0.2) is 0 Å². The largest absolute Gasteiger partial charge is 0.393 e. The number of halogens is 3. The molecule has 1 aromatic carbocycles. The van der Waals surface area contributed by atoms with Crippen molar-refractivity contribution in [2.24, 2.45) is 0 Å². The number of aliphatic hydroxyl groups is 1. The lowest BCUT2D eigenvalue weighted by atomic mass is 9.93. The summed E-state index contributed by atoms with van der Waals surface area (Å²) in [6.45, 7) is 0. The summed E-state index contributed by atoms with van der Waals surface area (Å²) in [4.78, 5) is 11.9. The summed E-state index contributed by atoms with van der Waals surface area (Å²) < 4.78 is 27.5. The molecular weight excluding hydrogens is 320 g/mol. The summed E-state index contributed by atoms with van der Waals surface area (Å²) in [6, 6.07) is 1.86. The minimum atomic E-state index is -0.902. The van der Waals surface area contributed by atoms with Crippen LogP contribution >= 0.6 is 15.9 Å². The van der Waals surface area contributed by atoms with E-state index < -0.39 is 29.2 Å². The van der Waals surface area contributed by atoms with Crippen LogP contribution < -0.4 is 5.32 Å². The maximum atomic E-state index is 13.6. The predicted molar refractivity (Wildman–Crippen MR) is 69.8 cm³/mol. The van der Waals surface area contributed by atoms with Gasteiger partial charge in [-0.3, -0.25) is 4.79 Å². The third-order valence-corrected chi connectivity index (χ3v) is 3.67. The lowest BCUT2D eigenvalue weighted by Crippen LogP contribution is -2.40. The number of carbonyl (C=O) groups is 1. The molecule has 2 atom stereocenters. The lowest BCUT2D eigenvalue weighted by Gasteiger charge is -2.26. The molecule has 2 rings (SSSR count). The fraction of sp³-hybridized carbons (Fsp3) is 0.462. The second kappa shape index (κ2) is 5.96. The molecule has 2 N–H and O–H groups in total. The van der Waals surface area contributed by atoms with Crippen molar-refractivity contribution in [2.45, 2.75) is 37.8 Å². The number of rotatable bonds is 2. The molecule has 1 amide bonds. The van der Waals surface area contributed by atoms with Gasteiger partial charge in [0.25, 0.3) is 5.91 Å². The number of aliphatic hydroxyl groups excluding tert-OH is 1. The fourth-order valence-electron chi connectivity index (χ4n) is 2.31. The van der Waals surface area contributed by atoms with Crippen molar-refractivity contribution >= 4 is 21.8 Å². The molecule has 0 radical (unpaired) electrons. The summed E-state index contributed by atoms with van der Waals surface area (Å²) in [7, 11) is 0. The highest BCUT2D eigenvalue weighted by Crippen LogP contribution is 2.22. The van der Waals surface area contributed by atoms with Crippen molar-refractivity contribution in [1.29, 1.82) is 0 Å². The highest BCUT2D eigenvalue weighted by atomic mass is 79.9. The van der Waals surface area contributed by atoms with Gasteiger partial charge in [-0.05, 0) is 37.8 Å². The molecule has 1 saturated carbocycles. The smallest absolute Gasteiger partial charge is 0.257 e. The van der Waals surface area contributed by atoms with E-state index in [-0.39, 0.29) is 10.5 Å². The van der Waals surface area contributed by atoms with E-state index in [1.807, 2.05) is 0 Å². The molecule has 0 saturated heterocycles. The molecule has 0 heterocycles. The summed E-state index contributed by atoms with van der Waals surface area (Å²) >= 11 is 2.96. The average molecular weight is 334 g/mol. The Kier molecular flexibility index (Phi) is 4.52. The van der Waals surface area contributed by atoms with Crippen molar-refractivity contribution in [3.8, 4) is 0 Å². The predicted octanol–water partition coefficient (Wildman–Crippen LogP) is 2.76. The van der Waals surface area contributed by atoms with E-state index in [1.165, 1.54) is 0 Å². The molecular formula is C13H14BrF2NO2. The molecule has 1 aliphatic rings. The Morgan fingerprint density at radius 3 is 2.53 bits per heavy atom. The molecule has 6 heteroatoms. The van der Waals surface area contributed by atoms with Crippen LogP contribution in [0.1, 0.15) is 36.0 Å². The van der Waals surface area contributed by atoms with Gasteiger partial charge in [0, 0.05) is 10.5 Å². The summed E-state index contributed by atoms with van der Waals surface area (Å²) in [5.74, 6) is -2.58. The quantitative estimate of drug-likeness (QED) is 0.874. The Hall–Kier alpha value is -1.01. The van der Waals surface area contributed by atoms with E-state index in [4.69, 9.17) is 0 Å². The zero-order valence-corrected chi connectivity index (χ0v) is 11.7. The van der Waals surface area contributed by atoms with Gasteiger partial charge in [-0.1, -0.05) is 15.9 Å². The molecule has 1 aromatic rings. The first-order valence-electron chi connectivity index (χ1n) is 6.11. The summed E-state index contributed by atoms with van der Waals surface area (Å²) in [6.07, 6.45) is 2.16. The van der Waals surface area contributed by atoms with E-state index >= 15 is 0 Å². The van der Waals surface area contributed by atoms with Gasteiger partial charge in [0.2, 0.25) is 0 Å². The molecule has 0 aliphatic heterocycles. The molecule has 0 bridgehead atoms. The fourth-order valence-corrected chi connectivity index (χ4v) is 2.71. The summed E-state index contributed by atoms with van der Waals surface area (Å²) in [5, 5.41) is 12.1. The van der Waals surface area contributed by atoms with E-state index in [0.29, 0.717) is 19.3 Å². The molecule has 0 aromatic heterocycles. The Morgan fingerprint density at radius 1 is 1.32 bits per heavy atom. The van der Waals surface area contributed by atoms with E-state index in [9.17, 15) is 18.7 Å². The first-order chi connectivity index (χ1) is 8.97. The van der Waals surface area contributed by atoms with Crippen molar-refractivity contribution in [3.63, 3.8) is 0 Å². The number of benzene rings is 1. The Bertz CT molecular complexity index is 473. The van der Waals surface area contributed by atoms with E-state index in [1.54, 1.807) is 0 Å². The minimum Gasteiger partial charge on any atom is -0.393 e. The van der Waals surface area contributed by atoms with Crippen LogP contribution in [0.4, 0.5) is 8.78 Å². The van der Waals surface area contributed by atoms with Crippen LogP contribution in [0, 0.1) is 11.6 Å². The number of nitrogens with one attached hydrogen (secondary N) is 1. The zero-order valence-electron chi connectivity index (χ0n) is 10.1. The Morgan fingerprint density at radius 2 is 1.95 bits per heavy atom. The van der Waals surface area contributed by atoms with Crippen LogP contribution in [0.15, 0.2) is 16.6 Å². The topological polar surface area (TPSA) is 49.3 Å². The Balaban J connectivity index is 2.12. The first kappa shape index (κ1) is 14.4. The molecule has 1 fully saturated rings. The van der Waals surface area contributed by atoms with E-state index in [0.717, 1.165) is 18.6 Å². The molecule has 3 nitrogen and oxygen atoms in total. The van der Waals surface area contributed by atoms with E-state index in [2.05, 4.69) is 21.2 Å². The van der Waals surface area contributed by atoms with Gasteiger partial charge < -0.3 is 10.4 Å². The minimum absolute atomic E-state index is 0.237. The monoisotopic (exact) mass is 333 g/mol. The van der Waals surface area contributed by atoms with Gasteiger partial charge in [-0.15, -0.1) is 0 Å².